The molecule has 2 rings (SSSR count). The Bertz CT molecular complexity index is 403. The Morgan fingerprint density at radius 2 is 2.29 bits per heavy atom. The van der Waals surface area contributed by atoms with E-state index < -0.39 is 0 Å². The molecule has 1 aliphatic rings. The number of hydrogen-bond acceptors (Lipinski definition) is 3. The number of rotatable bonds is 2. The lowest BCUT2D eigenvalue weighted by Gasteiger charge is -2.24. The summed E-state index contributed by atoms with van der Waals surface area (Å²) in [5.74, 6) is 0. The highest BCUT2D eigenvalue weighted by Crippen LogP contribution is 2.20. The van der Waals surface area contributed by atoms with Crippen LogP contribution in [-0.4, -0.2) is 32.1 Å². The molecule has 1 aliphatic heterocycles. The number of benzene rings is 1. The maximum Gasteiger partial charge on any atom is 0.150 e. The highest BCUT2D eigenvalue weighted by atomic mass is 16.5. The summed E-state index contributed by atoms with van der Waals surface area (Å²) < 4.78 is 5.63. The van der Waals surface area contributed by atoms with Crippen molar-refractivity contribution in [3.05, 3.63) is 29.3 Å². The summed E-state index contributed by atoms with van der Waals surface area (Å²) in [6, 6.07) is 6.00. The molecule has 1 fully saturated rings. The predicted molar refractivity (Wildman–Crippen MR) is 68.8 cm³/mol. The van der Waals surface area contributed by atoms with Gasteiger partial charge >= 0.3 is 0 Å². The van der Waals surface area contributed by atoms with Gasteiger partial charge in [-0.3, -0.25) is 4.79 Å². The first kappa shape index (κ1) is 12.1. The van der Waals surface area contributed by atoms with Gasteiger partial charge in [-0.2, -0.15) is 0 Å². The van der Waals surface area contributed by atoms with Gasteiger partial charge in [-0.05, 0) is 44.0 Å². The molecule has 1 atom stereocenters. The Hall–Kier alpha value is -1.35. The van der Waals surface area contributed by atoms with Gasteiger partial charge in [0.1, 0.15) is 6.29 Å². The molecular formula is C14H19NO2. The van der Waals surface area contributed by atoms with Gasteiger partial charge in [0.05, 0.1) is 6.10 Å². The van der Waals surface area contributed by atoms with Crippen LogP contribution in [0.4, 0.5) is 5.69 Å². The smallest absolute Gasteiger partial charge is 0.150 e. The molecule has 0 saturated carbocycles. The Morgan fingerprint density at radius 3 is 3.00 bits per heavy atom. The van der Waals surface area contributed by atoms with E-state index in [1.165, 1.54) is 5.69 Å². The second-order valence-corrected chi connectivity index (χ2v) is 4.64. The van der Waals surface area contributed by atoms with Crippen molar-refractivity contribution in [2.45, 2.75) is 26.4 Å². The monoisotopic (exact) mass is 233 g/mol. The summed E-state index contributed by atoms with van der Waals surface area (Å²) >= 11 is 0. The van der Waals surface area contributed by atoms with Gasteiger partial charge in [-0.15, -0.1) is 0 Å². The number of hydrogen-bond donors (Lipinski definition) is 0. The molecule has 0 radical (unpaired) electrons. The number of nitrogens with zero attached hydrogens (tertiary/aromatic N) is 1. The maximum atomic E-state index is 10.8. The van der Waals surface area contributed by atoms with E-state index >= 15 is 0 Å². The summed E-state index contributed by atoms with van der Waals surface area (Å²) in [5.41, 5.74) is 2.99. The lowest BCUT2D eigenvalue weighted by atomic mass is 10.1. The van der Waals surface area contributed by atoms with Crippen LogP contribution in [-0.2, 0) is 4.74 Å². The third-order valence-electron chi connectivity index (χ3n) is 3.20. The first-order valence-electron chi connectivity index (χ1n) is 6.13. The molecule has 0 bridgehead atoms. The van der Waals surface area contributed by atoms with E-state index in [2.05, 4.69) is 17.9 Å². The average molecular weight is 233 g/mol. The summed E-state index contributed by atoms with van der Waals surface area (Å²) in [6.45, 7) is 6.85. The van der Waals surface area contributed by atoms with Crippen LogP contribution in [0.5, 0.6) is 0 Å². The highest BCUT2D eigenvalue weighted by Gasteiger charge is 2.15. The standard InChI is InChI=1S/C14H19NO2/c1-11-8-14(5-4-13(11)10-16)15-6-3-7-17-12(2)9-15/h4-5,8,10,12H,3,6-7,9H2,1-2H3. The highest BCUT2D eigenvalue weighted by molar-refractivity contribution is 5.78. The second kappa shape index (κ2) is 5.32. The van der Waals surface area contributed by atoms with Crippen LogP contribution in [0.2, 0.25) is 0 Å². The zero-order valence-corrected chi connectivity index (χ0v) is 10.5. The molecule has 0 N–H and O–H groups in total. The Labute approximate surface area is 102 Å². The van der Waals surface area contributed by atoms with Gasteiger partial charge in [0.2, 0.25) is 0 Å². The molecule has 1 aromatic carbocycles. The van der Waals surface area contributed by atoms with Gasteiger partial charge in [0, 0.05) is 30.9 Å². The first-order chi connectivity index (χ1) is 8.20. The summed E-state index contributed by atoms with van der Waals surface area (Å²) in [6.07, 6.45) is 2.23. The van der Waals surface area contributed by atoms with Crippen LogP contribution >= 0.6 is 0 Å². The summed E-state index contributed by atoms with van der Waals surface area (Å²) in [4.78, 5) is 13.1. The first-order valence-corrected chi connectivity index (χ1v) is 6.13. The second-order valence-electron chi connectivity index (χ2n) is 4.64. The van der Waals surface area contributed by atoms with Crippen molar-refractivity contribution in [2.75, 3.05) is 24.6 Å². The van der Waals surface area contributed by atoms with Crippen LogP contribution in [0.3, 0.4) is 0 Å². The fraction of sp³-hybridized carbons (Fsp3) is 0.500. The molecule has 0 spiro atoms. The SMILES string of the molecule is Cc1cc(N2CCCOC(C)C2)ccc1C=O. The fourth-order valence-electron chi connectivity index (χ4n) is 2.22. The van der Waals surface area contributed by atoms with E-state index in [0.29, 0.717) is 0 Å². The molecule has 1 heterocycles. The average Bonchev–Trinajstić information content (AvgIpc) is 2.54. The Kier molecular flexibility index (Phi) is 3.79. The third kappa shape index (κ3) is 2.86. The molecule has 1 aromatic rings. The zero-order valence-electron chi connectivity index (χ0n) is 10.5. The van der Waals surface area contributed by atoms with Crippen molar-refractivity contribution >= 4 is 12.0 Å². The minimum atomic E-state index is 0.267. The van der Waals surface area contributed by atoms with E-state index in [-0.39, 0.29) is 6.10 Å². The van der Waals surface area contributed by atoms with E-state index in [9.17, 15) is 4.79 Å². The Balaban J connectivity index is 2.20. The lowest BCUT2D eigenvalue weighted by molar-refractivity contribution is 0.0821. The minimum Gasteiger partial charge on any atom is -0.377 e. The number of aldehydes is 1. The normalized spacial score (nSPS) is 21.1. The molecule has 0 amide bonds. The molecule has 1 saturated heterocycles. The number of anilines is 1. The minimum absolute atomic E-state index is 0.267. The fourth-order valence-corrected chi connectivity index (χ4v) is 2.22. The summed E-state index contributed by atoms with van der Waals surface area (Å²) in [7, 11) is 0. The van der Waals surface area contributed by atoms with Gasteiger partial charge < -0.3 is 9.64 Å². The van der Waals surface area contributed by atoms with Gasteiger partial charge in [-0.1, -0.05) is 0 Å². The molecule has 0 aliphatic carbocycles. The Morgan fingerprint density at radius 1 is 1.47 bits per heavy atom. The van der Waals surface area contributed by atoms with Crippen LogP contribution in [0.15, 0.2) is 18.2 Å². The molecule has 92 valence electrons. The molecule has 3 heteroatoms. The molecule has 3 nitrogen and oxygen atoms in total. The van der Waals surface area contributed by atoms with Crippen molar-refractivity contribution in [3.8, 4) is 0 Å². The number of ether oxygens (including phenoxy) is 1. The van der Waals surface area contributed by atoms with Crippen molar-refractivity contribution in [1.82, 2.24) is 0 Å². The molecular weight excluding hydrogens is 214 g/mol. The number of carbonyl (C=O) groups is 1. The van der Waals surface area contributed by atoms with E-state index in [1.54, 1.807) is 0 Å². The van der Waals surface area contributed by atoms with Crippen LogP contribution in [0.1, 0.15) is 29.3 Å². The third-order valence-corrected chi connectivity index (χ3v) is 3.20. The van der Waals surface area contributed by atoms with Crippen LogP contribution < -0.4 is 4.90 Å². The van der Waals surface area contributed by atoms with Gasteiger partial charge in [-0.25, -0.2) is 0 Å². The van der Waals surface area contributed by atoms with Crippen LogP contribution in [0, 0.1) is 6.92 Å². The van der Waals surface area contributed by atoms with Crippen LogP contribution in [0.25, 0.3) is 0 Å². The van der Waals surface area contributed by atoms with Gasteiger partial charge in [0.25, 0.3) is 0 Å². The van der Waals surface area contributed by atoms with Crippen molar-refractivity contribution in [2.24, 2.45) is 0 Å². The van der Waals surface area contributed by atoms with Gasteiger partial charge in [0.15, 0.2) is 0 Å². The summed E-state index contributed by atoms with van der Waals surface area (Å²) in [5, 5.41) is 0. The van der Waals surface area contributed by atoms with E-state index in [0.717, 1.165) is 43.5 Å². The molecule has 0 aromatic heterocycles. The van der Waals surface area contributed by atoms with Crippen molar-refractivity contribution < 1.29 is 9.53 Å². The lowest BCUT2D eigenvalue weighted by Crippen LogP contribution is -2.30. The molecule has 17 heavy (non-hydrogen) atoms. The number of carbonyl (C=O) groups excluding carboxylic acids is 1. The van der Waals surface area contributed by atoms with Crippen molar-refractivity contribution in [1.29, 1.82) is 0 Å². The topological polar surface area (TPSA) is 29.5 Å². The largest absolute Gasteiger partial charge is 0.377 e. The van der Waals surface area contributed by atoms with Crippen molar-refractivity contribution in [3.63, 3.8) is 0 Å². The number of aryl methyl sites for hydroxylation is 1. The zero-order chi connectivity index (χ0) is 12.3. The van der Waals surface area contributed by atoms with E-state index in [4.69, 9.17) is 4.74 Å². The van der Waals surface area contributed by atoms with E-state index in [1.807, 2.05) is 19.1 Å². The molecule has 1 unspecified atom stereocenters. The maximum absolute atomic E-state index is 10.8. The quantitative estimate of drug-likeness (QED) is 0.735. The predicted octanol–water partition coefficient (Wildman–Crippen LogP) is 2.42.